The summed E-state index contributed by atoms with van der Waals surface area (Å²) < 4.78 is 9.63. The maximum atomic E-state index is 10.9. The van der Waals surface area contributed by atoms with E-state index in [0.717, 1.165) is 0 Å². The van der Waals surface area contributed by atoms with Gasteiger partial charge in [0.05, 0.1) is 19.1 Å². The lowest BCUT2D eigenvalue weighted by Crippen LogP contribution is -2.10. The molecule has 0 aliphatic carbocycles. The summed E-state index contributed by atoms with van der Waals surface area (Å²) in [6.07, 6.45) is 1.11. The molecular weight excluding hydrogens is 220 g/mol. The molecule has 86 valence electrons. The number of allylic oxidation sites excluding steroid dienone is 1. The number of carboxylic acid groups (broad SMARTS) is 1. The number of rotatable bonds is 7. The van der Waals surface area contributed by atoms with E-state index in [9.17, 15) is 9.59 Å². The summed E-state index contributed by atoms with van der Waals surface area (Å²) in [4.78, 5) is 21.7. The first-order valence-electron chi connectivity index (χ1n) is 4.37. The number of aliphatic carboxylic acids is 1. The Balaban J connectivity index is 3.39. The number of carbonyl (C=O) groups excluding carboxylic acids is 1. The molecule has 0 heterocycles. The van der Waals surface area contributed by atoms with Crippen molar-refractivity contribution in [3.8, 4) is 0 Å². The highest BCUT2D eigenvalue weighted by molar-refractivity contribution is 7.84. The Kier molecular flexibility index (Phi) is 7.53. The summed E-state index contributed by atoms with van der Waals surface area (Å²) in [6.45, 7) is 2.09. The third-order valence-corrected chi connectivity index (χ3v) is 1.37. The minimum absolute atomic E-state index is 0.107. The van der Waals surface area contributed by atoms with Gasteiger partial charge in [-0.2, -0.15) is 0 Å². The molecule has 0 amide bonds. The zero-order valence-electron chi connectivity index (χ0n) is 8.43. The van der Waals surface area contributed by atoms with Gasteiger partial charge in [-0.25, -0.2) is 0 Å². The van der Waals surface area contributed by atoms with Gasteiger partial charge in [0.25, 0.3) is 0 Å². The second kappa shape index (κ2) is 8.16. The summed E-state index contributed by atoms with van der Waals surface area (Å²) >= 11 is 3.96. The van der Waals surface area contributed by atoms with Gasteiger partial charge in [-0.1, -0.05) is 0 Å². The van der Waals surface area contributed by atoms with Crippen LogP contribution >= 0.6 is 12.6 Å². The summed E-state index contributed by atoms with van der Waals surface area (Å²) in [7, 11) is 0. The number of ether oxygens (including phenoxy) is 2. The van der Waals surface area contributed by atoms with Crippen LogP contribution in [0.15, 0.2) is 11.2 Å². The van der Waals surface area contributed by atoms with E-state index in [4.69, 9.17) is 14.6 Å². The van der Waals surface area contributed by atoms with Crippen LogP contribution in [0.5, 0.6) is 0 Å². The van der Waals surface area contributed by atoms with Crippen molar-refractivity contribution >= 4 is 24.6 Å². The summed E-state index contributed by atoms with van der Waals surface area (Å²) in [5.41, 5.74) is 0. The van der Waals surface area contributed by atoms with E-state index in [1.165, 1.54) is 6.26 Å². The van der Waals surface area contributed by atoms with Gasteiger partial charge in [-0.15, -0.1) is 12.6 Å². The van der Waals surface area contributed by atoms with E-state index in [1.54, 1.807) is 6.92 Å². The zero-order valence-corrected chi connectivity index (χ0v) is 9.33. The molecule has 0 saturated heterocycles. The molecule has 5 nitrogen and oxygen atoms in total. The van der Waals surface area contributed by atoms with Gasteiger partial charge in [0.15, 0.2) is 0 Å². The van der Waals surface area contributed by atoms with E-state index < -0.39 is 11.9 Å². The number of thiol groups is 1. The van der Waals surface area contributed by atoms with Crippen molar-refractivity contribution in [3.63, 3.8) is 0 Å². The number of carboxylic acids is 1. The van der Waals surface area contributed by atoms with Crippen molar-refractivity contribution in [1.29, 1.82) is 0 Å². The molecule has 0 aliphatic heterocycles. The van der Waals surface area contributed by atoms with Crippen molar-refractivity contribution in [3.05, 3.63) is 11.2 Å². The van der Waals surface area contributed by atoms with Gasteiger partial charge < -0.3 is 14.6 Å². The molecule has 0 spiro atoms. The Bertz CT molecular complexity index is 245. The van der Waals surface area contributed by atoms with Gasteiger partial charge in [-0.05, 0) is 6.92 Å². The van der Waals surface area contributed by atoms with Crippen molar-refractivity contribution in [1.82, 2.24) is 0 Å². The van der Waals surface area contributed by atoms with Crippen molar-refractivity contribution in [2.75, 3.05) is 13.2 Å². The fraction of sp³-hybridized carbons (Fsp3) is 0.556. The average Bonchev–Trinajstić information content (AvgIpc) is 2.13. The molecule has 6 heteroatoms. The van der Waals surface area contributed by atoms with E-state index in [2.05, 4.69) is 12.6 Å². The lowest BCUT2D eigenvalue weighted by Gasteiger charge is -2.03. The first-order chi connectivity index (χ1) is 7.02. The predicted octanol–water partition coefficient (Wildman–Crippen LogP) is 1.20. The highest BCUT2D eigenvalue weighted by Crippen LogP contribution is 1.97. The highest BCUT2D eigenvalue weighted by Gasteiger charge is 2.05. The van der Waals surface area contributed by atoms with Crippen molar-refractivity contribution in [2.45, 2.75) is 19.8 Å². The Morgan fingerprint density at radius 3 is 2.53 bits per heavy atom. The Labute approximate surface area is 93.5 Å². The lowest BCUT2D eigenvalue weighted by molar-refractivity contribution is -0.148. The number of hydrogen-bond donors (Lipinski definition) is 2. The quantitative estimate of drug-likeness (QED) is 0.300. The number of carbonyl (C=O) groups is 2. The second-order valence-corrected chi connectivity index (χ2v) is 3.45. The Morgan fingerprint density at radius 1 is 1.33 bits per heavy atom. The van der Waals surface area contributed by atoms with Crippen LogP contribution < -0.4 is 0 Å². The smallest absolute Gasteiger partial charge is 0.306 e. The lowest BCUT2D eigenvalue weighted by atomic mass is 10.3. The van der Waals surface area contributed by atoms with Gasteiger partial charge in [0.1, 0.15) is 13.2 Å². The van der Waals surface area contributed by atoms with E-state index in [-0.39, 0.29) is 26.1 Å². The Hall–Kier alpha value is -1.17. The van der Waals surface area contributed by atoms with Gasteiger partial charge in [-0.3, -0.25) is 9.59 Å². The normalized spacial score (nSPS) is 10.9. The molecule has 0 fully saturated rings. The van der Waals surface area contributed by atoms with Crippen LogP contribution in [0, 0.1) is 0 Å². The summed E-state index contributed by atoms with van der Waals surface area (Å²) in [5, 5.41) is 8.28. The maximum absolute atomic E-state index is 10.9. The van der Waals surface area contributed by atoms with Crippen LogP contribution in [0.1, 0.15) is 19.8 Å². The van der Waals surface area contributed by atoms with Crippen LogP contribution in [0.2, 0.25) is 0 Å². The van der Waals surface area contributed by atoms with E-state index >= 15 is 0 Å². The standard InChI is InChI=1S/C9H14O5S/c1-7(15)6-13-4-5-14-9(12)3-2-8(10)11/h6,15H,2-5H2,1H3,(H,10,11). The SMILES string of the molecule is CC(S)=COCCOC(=O)CCC(=O)O. The molecule has 0 aromatic rings. The zero-order chi connectivity index (χ0) is 11.7. The molecule has 0 aromatic heterocycles. The topological polar surface area (TPSA) is 72.8 Å². The summed E-state index contributed by atoms with van der Waals surface area (Å²) in [5.74, 6) is -1.55. The van der Waals surface area contributed by atoms with Crippen LogP contribution in [-0.2, 0) is 19.1 Å². The summed E-state index contributed by atoms with van der Waals surface area (Å²) in [6, 6.07) is 0. The molecule has 15 heavy (non-hydrogen) atoms. The molecule has 0 unspecified atom stereocenters. The van der Waals surface area contributed by atoms with Gasteiger partial charge in [0.2, 0.25) is 0 Å². The largest absolute Gasteiger partial charge is 0.497 e. The third-order valence-electron chi connectivity index (χ3n) is 1.26. The molecule has 0 aromatic carbocycles. The highest BCUT2D eigenvalue weighted by atomic mass is 32.1. The minimum Gasteiger partial charge on any atom is -0.497 e. The van der Waals surface area contributed by atoms with Crippen molar-refractivity contribution in [2.24, 2.45) is 0 Å². The third kappa shape index (κ3) is 10.8. The molecule has 0 aliphatic rings. The number of esters is 1. The Morgan fingerprint density at radius 2 is 2.00 bits per heavy atom. The molecular formula is C9H14O5S. The monoisotopic (exact) mass is 234 g/mol. The van der Waals surface area contributed by atoms with E-state index in [0.29, 0.717) is 4.91 Å². The van der Waals surface area contributed by atoms with Gasteiger partial charge in [0, 0.05) is 4.91 Å². The molecule has 1 N–H and O–H groups in total. The molecule has 0 bridgehead atoms. The minimum atomic E-state index is -1.02. The first kappa shape index (κ1) is 13.8. The molecule has 0 rings (SSSR count). The van der Waals surface area contributed by atoms with Crippen LogP contribution in [0.25, 0.3) is 0 Å². The second-order valence-electron chi connectivity index (χ2n) is 2.74. The molecule has 0 saturated carbocycles. The van der Waals surface area contributed by atoms with Gasteiger partial charge >= 0.3 is 11.9 Å². The predicted molar refractivity (Wildman–Crippen MR) is 56.5 cm³/mol. The van der Waals surface area contributed by atoms with E-state index in [1.807, 2.05) is 0 Å². The van der Waals surface area contributed by atoms with Crippen LogP contribution in [-0.4, -0.2) is 30.3 Å². The van der Waals surface area contributed by atoms with Crippen LogP contribution in [0.4, 0.5) is 0 Å². The fourth-order valence-electron chi connectivity index (χ4n) is 0.664. The fourth-order valence-corrected chi connectivity index (χ4v) is 0.739. The number of hydrogen-bond acceptors (Lipinski definition) is 5. The molecule has 0 atom stereocenters. The molecule has 0 radical (unpaired) electrons. The average molecular weight is 234 g/mol. The maximum Gasteiger partial charge on any atom is 0.306 e. The van der Waals surface area contributed by atoms with Crippen molar-refractivity contribution < 1.29 is 24.2 Å². The first-order valence-corrected chi connectivity index (χ1v) is 4.82. The van der Waals surface area contributed by atoms with Crippen LogP contribution in [0.3, 0.4) is 0 Å².